The van der Waals surface area contributed by atoms with Crippen LogP contribution in [0.2, 0.25) is 0 Å². The largest absolute Gasteiger partial charge is 0.507 e. The first-order chi connectivity index (χ1) is 8.98. The predicted molar refractivity (Wildman–Crippen MR) is 88.8 cm³/mol. The summed E-state index contributed by atoms with van der Waals surface area (Å²) in [4.78, 5) is 0. The van der Waals surface area contributed by atoms with Gasteiger partial charge in [0.1, 0.15) is 5.75 Å². The Morgan fingerprint density at radius 1 is 0.950 bits per heavy atom. The van der Waals surface area contributed by atoms with Crippen LogP contribution in [0.5, 0.6) is 5.75 Å². The minimum absolute atomic E-state index is 0.0357. The molecule has 1 N–H and O–H groups in total. The Hall–Kier alpha value is -0.980. The number of phenols is 1. The lowest BCUT2D eigenvalue weighted by molar-refractivity contribution is 0.422. The van der Waals surface area contributed by atoms with E-state index in [1.54, 1.807) is 0 Å². The smallest absolute Gasteiger partial charge is 0.123 e. The lowest BCUT2D eigenvalue weighted by Crippen LogP contribution is -2.18. The van der Waals surface area contributed by atoms with Crippen LogP contribution < -0.4 is 0 Å². The highest BCUT2D eigenvalue weighted by molar-refractivity contribution is 5.50. The summed E-state index contributed by atoms with van der Waals surface area (Å²) in [6.07, 6.45) is 2.38. The van der Waals surface area contributed by atoms with Crippen molar-refractivity contribution in [3.8, 4) is 5.75 Å². The van der Waals surface area contributed by atoms with Gasteiger partial charge in [0.25, 0.3) is 0 Å². The average Bonchev–Trinajstić information content (AvgIpc) is 2.26. The zero-order valence-corrected chi connectivity index (χ0v) is 14.6. The zero-order valence-electron chi connectivity index (χ0n) is 14.6. The summed E-state index contributed by atoms with van der Waals surface area (Å²) in [5, 5.41) is 10.7. The molecule has 0 aromatic heterocycles. The van der Waals surface area contributed by atoms with E-state index in [9.17, 15) is 5.11 Å². The third-order valence-electron chi connectivity index (χ3n) is 4.04. The highest BCUT2D eigenvalue weighted by Crippen LogP contribution is 2.41. The van der Waals surface area contributed by atoms with E-state index in [4.69, 9.17) is 0 Å². The summed E-state index contributed by atoms with van der Waals surface area (Å²) >= 11 is 0. The van der Waals surface area contributed by atoms with Crippen molar-refractivity contribution in [2.75, 3.05) is 0 Å². The first kappa shape index (κ1) is 17.1. The van der Waals surface area contributed by atoms with Crippen molar-refractivity contribution in [3.63, 3.8) is 0 Å². The highest BCUT2D eigenvalue weighted by atomic mass is 16.3. The van der Waals surface area contributed by atoms with Crippen LogP contribution in [0, 0.1) is 0 Å². The van der Waals surface area contributed by atoms with Crippen molar-refractivity contribution in [2.45, 2.75) is 85.0 Å². The molecule has 0 bridgehead atoms. The van der Waals surface area contributed by atoms with Crippen LogP contribution in [-0.4, -0.2) is 5.11 Å². The van der Waals surface area contributed by atoms with Crippen LogP contribution in [0.1, 0.15) is 90.8 Å². The van der Waals surface area contributed by atoms with E-state index in [2.05, 4.69) is 67.5 Å². The van der Waals surface area contributed by atoms with Gasteiger partial charge in [0.05, 0.1) is 0 Å². The van der Waals surface area contributed by atoms with Gasteiger partial charge >= 0.3 is 0 Å². The molecule has 0 heterocycles. The van der Waals surface area contributed by atoms with E-state index in [0.29, 0.717) is 11.7 Å². The second-order valence-electron chi connectivity index (χ2n) is 8.15. The third kappa shape index (κ3) is 3.77. The standard InChI is InChI=1S/C19H32O/c1-9-10-13(2)14-11-15(18(3,4)5)17(20)16(12-14)19(6,7)8/h11-13,20H,9-10H2,1-8H3. The maximum absolute atomic E-state index is 10.7. The van der Waals surface area contributed by atoms with Gasteiger partial charge in [0.15, 0.2) is 0 Å². The van der Waals surface area contributed by atoms with E-state index >= 15 is 0 Å². The van der Waals surface area contributed by atoms with Crippen LogP contribution in [-0.2, 0) is 10.8 Å². The number of benzene rings is 1. The van der Waals surface area contributed by atoms with Crippen LogP contribution in [0.3, 0.4) is 0 Å². The lowest BCUT2D eigenvalue weighted by atomic mass is 9.77. The second kappa shape index (κ2) is 5.79. The minimum atomic E-state index is -0.0357. The summed E-state index contributed by atoms with van der Waals surface area (Å²) in [7, 11) is 0. The van der Waals surface area contributed by atoms with Crippen molar-refractivity contribution in [3.05, 3.63) is 28.8 Å². The van der Waals surface area contributed by atoms with Gasteiger partial charge in [-0.1, -0.05) is 73.9 Å². The van der Waals surface area contributed by atoms with Gasteiger partial charge in [-0.3, -0.25) is 0 Å². The lowest BCUT2D eigenvalue weighted by Gasteiger charge is -2.29. The third-order valence-corrected chi connectivity index (χ3v) is 4.04. The van der Waals surface area contributed by atoms with Gasteiger partial charge in [-0.2, -0.15) is 0 Å². The molecule has 20 heavy (non-hydrogen) atoms. The molecule has 0 amide bonds. The van der Waals surface area contributed by atoms with Crippen LogP contribution in [0.15, 0.2) is 12.1 Å². The molecule has 1 aromatic rings. The first-order valence-corrected chi connectivity index (χ1v) is 7.86. The molecule has 1 aromatic carbocycles. The van der Waals surface area contributed by atoms with E-state index < -0.39 is 0 Å². The van der Waals surface area contributed by atoms with Crippen molar-refractivity contribution >= 4 is 0 Å². The Morgan fingerprint density at radius 3 is 1.65 bits per heavy atom. The normalized spacial score (nSPS) is 14.4. The zero-order chi connectivity index (χ0) is 15.7. The van der Waals surface area contributed by atoms with Gasteiger partial charge in [0, 0.05) is 0 Å². The molecule has 1 rings (SSSR count). The number of phenolic OH excluding ortho intramolecular Hbond substituents is 1. The summed E-state index contributed by atoms with van der Waals surface area (Å²) < 4.78 is 0. The summed E-state index contributed by atoms with van der Waals surface area (Å²) in [5.41, 5.74) is 3.43. The molecule has 0 spiro atoms. The van der Waals surface area contributed by atoms with Crippen LogP contribution in [0.25, 0.3) is 0 Å². The summed E-state index contributed by atoms with van der Waals surface area (Å²) in [6, 6.07) is 4.43. The van der Waals surface area contributed by atoms with Gasteiger partial charge in [-0.05, 0) is 39.9 Å². The maximum atomic E-state index is 10.7. The topological polar surface area (TPSA) is 20.2 Å². The number of aromatic hydroxyl groups is 1. The Morgan fingerprint density at radius 2 is 1.35 bits per heavy atom. The van der Waals surface area contributed by atoms with Crippen molar-refractivity contribution in [1.29, 1.82) is 0 Å². The molecular formula is C19H32O. The van der Waals surface area contributed by atoms with Gasteiger partial charge < -0.3 is 5.11 Å². The first-order valence-electron chi connectivity index (χ1n) is 7.86. The number of hydrogen-bond acceptors (Lipinski definition) is 1. The van der Waals surface area contributed by atoms with E-state index in [1.807, 2.05) is 0 Å². The van der Waals surface area contributed by atoms with Crippen molar-refractivity contribution < 1.29 is 5.11 Å². The molecule has 114 valence electrons. The van der Waals surface area contributed by atoms with E-state index in [0.717, 1.165) is 11.1 Å². The SMILES string of the molecule is CCCC(C)c1cc(C(C)(C)C)c(O)c(C(C)(C)C)c1. The molecular weight excluding hydrogens is 244 g/mol. The molecule has 1 heteroatoms. The molecule has 0 aliphatic rings. The summed E-state index contributed by atoms with van der Waals surface area (Å²) in [5.74, 6) is 1.03. The van der Waals surface area contributed by atoms with Crippen LogP contribution in [0.4, 0.5) is 0 Å². The molecule has 0 radical (unpaired) electrons. The predicted octanol–water partition coefficient (Wildman–Crippen LogP) is 5.89. The fraction of sp³-hybridized carbons (Fsp3) is 0.684. The fourth-order valence-corrected chi connectivity index (χ4v) is 2.68. The average molecular weight is 276 g/mol. The Bertz CT molecular complexity index is 423. The van der Waals surface area contributed by atoms with Gasteiger partial charge in [-0.25, -0.2) is 0 Å². The monoisotopic (exact) mass is 276 g/mol. The Balaban J connectivity index is 3.50. The van der Waals surface area contributed by atoms with Crippen LogP contribution >= 0.6 is 0 Å². The minimum Gasteiger partial charge on any atom is -0.507 e. The highest BCUT2D eigenvalue weighted by Gasteiger charge is 2.27. The summed E-state index contributed by atoms with van der Waals surface area (Å²) in [6.45, 7) is 17.5. The molecule has 1 atom stereocenters. The van der Waals surface area contributed by atoms with Crippen molar-refractivity contribution in [1.82, 2.24) is 0 Å². The molecule has 0 saturated heterocycles. The number of rotatable bonds is 3. The molecule has 1 unspecified atom stereocenters. The van der Waals surface area contributed by atoms with E-state index in [-0.39, 0.29) is 10.8 Å². The molecule has 0 fully saturated rings. The van der Waals surface area contributed by atoms with Crippen molar-refractivity contribution in [2.24, 2.45) is 0 Å². The fourth-order valence-electron chi connectivity index (χ4n) is 2.68. The second-order valence-corrected chi connectivity index (χ2v) is 8.15. The Labute approximate surface area is 125 Å². The molecule has 0 aliphatic carbocycles. The molecule has 1 nitrogen and oxygen atoms in total. The quantitative estimate of drug-likeness (QED) is 0.729. The molecule has 0 aliphatic heterocycles. The molecule has 0 saturated carbocycles. The Kier molecular flexibility index (Phi) is 4.94. The van der Waals surface area contributed by atoms with Gasteiger partial charge in [-0.15, -0.1) is 0 Å². The maximum Gasteiger partial charge on any atom is 0.123 e. The van der Waals surface area contributed by atoms with Gasteiger partial charge in [0.2, 0.25) is 0 Å². The number of hydrogen-bond donors (Lipinski definition) is 1. The van der Waals surface area contributed by atoms with E-state index in [1.165, 1.54) is 18.4 Å².